The fraction of sp³-hybridized carbons (Fsp3) is 0.0169. The highest BCUT2D eigenvalue weighted by atomic mass is 16.3. The van der Waals surface area contributed by atoms with Crippen molar-refractivity contribution in [2.75, 3.05) is 0 Å². The first-order valence-corrected chi connectivity index (χ1v) is 21.6. The van der Waals surface area contributed by atoms with Gasteiger partial charge >= 0.3 is 0 Å². The highest BCUT2D eigenvalue weighted by Gasteiger charge is 2.51. The summed E-state index contributed by atoms with van der Waals surface area (Å²) in [5.41, 5.74) is 19.8. The Bertz CT molecular complexity index is 3830. The molecule has 2 aliphatic carbocycles. The molecule has 292 valence electrons. The van der Waals surface area contributed by atoms with E-state index in [2.05, 4.69) is 199 Å². The lowest BCUT2D eigenvalue weighted by atomic mass is 9.70. The molecule has 0 radical (unpaired) electrons. The largest absolute Gasteiger partial charge is 0.456 e. The van der Waals surface area contributed by atoms with Gasteiger partial charge in [-0.1, -0.05) is 158 Å². The van der Waals surface area contributed by atoms with Crippen LogP contribution < -0.4 is 0 Å². The normalized spacial score (nSPS) is 13.2. The first-order chi connectivity index (χ1) is 31.2. The zero-order valence-corrected chi connectivity index (χ0v) is 34.0. The summed E-state index contributed by atoms with van der Waals surface area (Å²) < 4.78 is 8.78. The molecule has 4 nitrogen and oxygen atoms in total. The Morgan fingerprint density at radius 1 is 0.349 bits per heavy atom. The first kappa shape index (κ1) is 34.4. The van der Waals surface area contributed by atoms with E-state index >= 15 is 0 Å². The van der Waals surface area contributed by atoms with Gasteiger partial charge in [0.05, 0.1) is 27.8 Å². The van der Waals surface area contributed by atoms with E-state index in [1.165, 1.54) is 60.8 Å². The van der Waals surface area contributed by atoms with Crippen molar-refractivity contribution in [1.29, 1.82) is 0 Å². The molecular weight excluding hydrogens is 767 g/mol. The van der Waals surface area contributed by atoms with Crippen LogP contribution in [0.3, 0.4) is 0 Å². The molecule has 0 amide bonds. The molecule has 0 saturated heterocycles. The number of furan rings is 1. The van der Waals surface area contributed by atoms with Crippen molar-refractivity contribution in [1.82, 2.24) is 14.5 Å². The highest BCUT2D eigenvalue weighted by molar-refractivity contribution is 6.12. The minimum atomic E-state index is -0.441. The summed E-state index contributed by atoms with van der Waals surface area (Å²) in [4.78, 5) is 10.6. The number of para-hydroxylation sites is 2. The number of benzene rings is 9. The SMILES string of the molecule is c1ccc(-c2cc(-c3ccc4c(c3)oc3ccccc34)nc(-c3cccc(-n4c5ccccc5c5cc6c(cc54)C4(c5ccccc5-c5ccccc54)c4ccccc4-6)c3)n2)cc1. The molecule has 0 saturated carbocycles. The predicted molar refractivity (Wildman–Crippen MR) is 256 cm³/mol. The van der Waals surface area contributed by atoms with E-state index in [1.54, 1.807) is 0 Å². The molecule has 63 heavy (non-hydrogen) atoms. The molecule has 1 spiro atoms. The van der Waals surface area contributed by atoms with Crippen LogP contribution in [0.15, 0.2) is 217 Å². The Morgan fingerprint density at radius 2 is 0.952 bits per heavy atom. The lowest BCUT2D eigenvalue weighted by Crippen LogP contribution is -2.25. The molecule has 0 bridgehead atoms. The highest BCUT2D eigenvalue weighted by Crippen LogP contribution is 2.63. The van der Waals surface area contributed by atoms with Gasteiger partial charge in [0.15, 0.2) is 5.82 Å². The van der Waals surface area contributed by atoms with E-state index in [4.69, 9.17) is 14.4 Å². The Hall–Kier alpha value is -8.34. The molecular formula is C59H35N3O. The summed E-state index contributed by atoms with van der Waals surface area (Å²) in [7, 11) is 0. The Balaban J connectivity index is 0.988. The molecule has 0 unspecified atom stereocenters. The Labute approximate surface area is 363 Å². The Kier molecular flexibility index (Phi) is 7.01. The van der Waals surface area contributed by atoms with Gasteiger partial charge in [0.25, 0.3) is 0 Å². The van der Waals surface area contributed by atoms with Crippen molar-refractivity contribution in [2.24, 2.45) is 0 Å². The van der Waals surface area contributed by atoms with Gasteiger partial charge in [-0.05, 0) is 99.1 Å². The second-order valence-corrected chi connectivity index (χ2v) is 16.8. The van der Waals surface area contributed by atoms with Crippen molar-refractivity contribution in [3.8, 4) is 61.8 Å². The summed E-state index contributed by atoms with van der Waals surface area (Å²) in [6, 6.07) is 76.6. The van der Waals surface area contributed by atoms with Crippen molar-refractivity contribution >= 4 is 43.7 Å². The minimum Gasteiger partial charge on any atom is -0.456 e. The van der Waals surface area contributed by atoms with E-state index in [0.717, 1.165) is 61.2 Å². The molecule has 4 heteroatoms. The van der Waals surface area contributed by atoms with Crippen molar-refractivity contribution in [2.45, 2.75) is 5.41 Å². The van der Waals surface area contributed by atoms with Gasteiger partial charge in [-0.2, -0.15) is 0 Å². The third-order valence-electron chi connectivity index (χ3n) is 13.6. The number of hydrogen-bond acceptors (Lipinski definition) is 3. The molecule has 3 heterocycles. The molecule has 2 aliphatic rings. The van der Waals surface area contributed by atoms with Crippen LogP contribution >= 0.6 is 0 Å². The van der Waals surface area contributed by atoms with Gasteiger partial charge in [0.1, 0.15) is 11.2 Å². The summed E-state index contributed by atoms with van der Waals surface area (Å²) in [6.07, 6.45) is 0. The van der Waals surface area contributed by atoms with Crippen LogP contribution in [0.5, 0.6) is 0 Å². The smallest absolute Gasteiger partial charge is 0.160 e. The zero-order chi connectivity index (χ0) is 41.2. The fourth-order valence-corrected chi connectivity index (χ4v) is 11.0. The van der Waals surface area contributed by atoms with Crippen LogP contribution in [0.2, 0.25) is 0 Å². The molecule has 0 N–H and O–H groups in total. The lowest BCUT2D eigenvalue weighted by Gasteiger charge is -2.30. The van der Waals surface area contributed by atoms with E-state index < -0.39 is 5.41 Å². The van der Waals surface area contributed by atoms with Crippen molar-refractivity contribution in [3.63, 3.8) is 0 Å². The quantitative estimate of drug-likeness (QED) is 0.178. The van der Waals surface area contributed by atoms with E-state index in [-0.39, 0.29) is 0 Å². The van der Waals surface area contributed by atoms with Crippen LogP contribution in [-0.4, -0.2) is 14.5 Å². The van der Waals surface area contributed by atoms with Gasteiger partial charge in [0.2, 0.25) is 0 Å². The predicted octanol–water partition coefficient (Wildman–Crippen LogP) is 14.8. The maximum atomic E-state index is 6.34. The van der Waals surface area contributed by atoms with Crippen LogP contribution in [-0.2, 0) is 5.41 Å². The second-order valence-electron chi connectivity index (χ2n) is 16.8. The average Bonchev–Trinajstić information content (AvgIpc) is 4.07. The monoisotopic (exact) mass is 801 g/mol. The fourth-order valence-electron chi connectivity index (χ4n) is 11.0. The Morgan fingerprint density at radius 3 is 1.71 bits per heavy atom. The molecule has 12 aromatic rings. The number of hydrogen-bond donors (Lipinski definition) is 0. The average molecular weight is 802 g/mol. The number of aromatic nitrogens is 3. The topological polar surface area (TPSA) is 43.9 Å². The van der Waals surface area contributed by atoms with Gasteiger partial charge in [-0.3, -0.25) is 0 Å². The lowest BCUT2D eigenvalue weighted by molar-refractivity contribution is 0.669. The standard InChI is InChI=1S/C59H35N3O/c1-2-15-36(16-3-1)52-35-53(37-29-30-45-44-23-8-13-28-56(44)63-57(45)32-37)61-58(60-52)38-17-14-18-39(31-38)62-54-27-12-7-22-43(54)47-33-46-42-21-6-11-26-50(42)59(51(46)34-55(47)62)48-24-9-4-19-40(48)41-20-5-10-25-49(41)59/h1-35H. The van der Waals surface area contributed by atoms with Crippen LogP contribution in [0.1, 0.15) is 22.3 Å². The summed E-state index contributed by atoms with van der Waals surface area (Å²) in [5, 5.41) is 4.65. The summed E-state index contributed by atoms with van der Waals surface area (Å²) in [5.74, 6) is 0.660. The molecule has 0 fully saturated rings. The molecule has 0 atom stereocenters. The van der Waals surface area contributed by atoms with E-state index in [9.17, 15) is 0 Å². The molecule has 3 aromatic heterocycles. The maximum absolute atomic E-state index is 6.34. The number of nitrogens with zero attached hydrogens (tertiary/aromatic N) is 3. The molecule has 9 aromatic carbocycles. The first-order valence-electron chi connectivity index (χ1n) is 21.6. The number of rotatable bonds is 4. The maximum Gasteiger partial charge on any atom is 0.160 e. The van der Waals surface area contributed by atoms with Crippen molar-refractivity contribution in [3.05, 3.63) is 235 Å². The van der Waals surface area contributed by atoms with E-state index in [0.29, 0.717) is 5.82 Å². The van der Waals surface area contributed by atoms with Gasteiger partial charge < -0.3 is 8.98 Å². The zero-order valence-electron chi connectivity index (χ0n) is 34.0. The minimum absolute atomic E-state index is 0.441. The second kappa shape index (κ2) is 12.8. The van der Waals surface area contributed by atoms with Gasteiger partial charge in [-0.25, -0.2) is 9.97 Å². The number of fused-ring (bicyclic) bond motifs is 16. The summed E-state index contributed by atoms with van der Waals surface area (Å²) >= 11 is 0. The van der Waals surface area contributed by atoms with E-state index in [1.807, 2.05) is 18.2 Å². The van der Waals surface area contributed by atoms with Crippen molar-refractivity contribution < 1.29 is 4.42 Å². The third kappa shape index (κ3) is 4.75. The van der Waals surface area contributed by atoms with Crippen LogP contribution in [0.4, 0.5) is 0 Å². The molecule has 14 rings (SSSR count). The van der Waals surface area contributed by atoms with Crippen LogP contribution in [0, 0.1) is 0 Å². The van der Waals surface area contributed by atoms with Gasteiger partial charge in [-0.15, -0.1) is 0 Å². The molecule has 0 aliphatic heterocycles. The van der Waals surface area contributed by atoms with Crippen LogP contribution in [0.25, 0.3) is 106 Å². The summed E-state index contributed by atoms with van der Waals surface area (Å²) in [6.45, 7) is 0. The third-order valence-corrected chi connectivity index (χ3v) is 13.6. The van der Waals surface area contributed by atoms with Gasteiger partial charge in [0, 0.05) is 43.9 Å².